The number of aromatic nitrogens is 1. The third-order valence-corrected chi connectivity index (χ3v) is 7.28. The van der Waals surface area contributed by atoms with Crippen LogP contribution in [0.4, 0.5) is 5.69 Å². The number of fused-ring (bicyclic) bond motifs is 6. The lowest BCUT2D eigenvalue weighted by molar-refractivity contribution is -0.131. The molecule has 0 spiro atoms. The normalized spacial score (nSPS) is 22.7. The number of carbonyl (C=O) groups is 1. The van der Waals surface area contributed by atoms with Crippen LogP contribution in [0.15, 0.2) is 94.7 Å². The zero-order valence-electron chi connectivity index (χ0n) is 18.3. The monoisotopic (exact) mass is 467 g/mol. The first-order chi connectivity index (χ1) is 16.5. The van der Waals surface area contributed by atoms with Gasteiger partial charge >= 0.3 is 0 Å². The van der Waals surface area contributed by atoms with Crippen LogP contribution in [-0.2, 0) is 4.79 Å². The zero-order valence-corrected chi connectivity index (χ0v) is 19.2. The highest BCUT2D eigenvalue weighted by Gasteiger charge is 2.55. The van der Waals surface area contributed by atoms with Gasteiger partial charge in [0.2, 0.25) is 11.6 Å². The van der Waals surface area contributed by atoms with Gasteiger partial charge in [-0.1, -0.05) is 78.1 Å². The van der Waals surface area contributed by atoms with E-state index in [0.29, 0.717) is 20.8 Å². The Balaban J connectivity index is 1.55. The molecule has 1 N–H and O–H groups in total. The largest absolute Gasteiger partial charge is 0.465 e. The van der Waals surface area contributed by atoms with Crippen LogP contribution in [0.2, 0.25) is 0 Å². The molecule has 7 heteroatoms. The number of hydrogen-bond donors (Lipinski definition) is 1. The summed E-state index contributed by atoms with van der Waals surface area (Å²) in [5.74, 6) is -0.332. The van der Waals surface area contributed by atoms with E-state index >= 15 is 0 Å². The van der Waals surface area contributed by atoms with E-state index in [2.05, 4.69) is 5.32 Å². The summed E-state index contributed by atoms with van der Waals surface area (Å²) in [6.45, 7) is 1.82. The molecule has 3 aromatic carbocycles. The summed E-state index contributed by atoms with van der Waals surface area (Å²) in [7, 11) is 0. The van der Waals surface area contributed by atoms with Crippen molar-refractivity contribution >= 4 is 29.0 Å². The summed E-state index contributed by atoms with van der Waals surface area (Å²) in [4.78, 5) is 32.7. The first-order valence-corrected chi connectivity index (χ1v) is 11.9. The number of thiazole rings is 1. The van der Waals surface area contributed by atoms with E-state index in [1.54, 1.807) is 4.57 Å². The lowest BCUT2D eigenvalue weighted by Crippen LogP contribution is -2.59. The molecule has 1 aromatic heterocycles. The van der Waals surface area contributed by atoms with Gasteiger partial charge in [0, 0.05) is 11.3 Å². The van der Waals surface area contributed by atoms with Gasteiger partial charge in [-0.05, 0) is 36.8 Å². The Kier molecular flexibility index (Phi) is 4.74. The van der Waals surface area contributed by atoms with Crippen molar-refractivity contribution in [2.75, 3.05) is 5.32 Å². The molecule has 6 rings (SSSR count). The molecule has 2 aliphatic heterocycles. The smallest absolute Gasteiger partial charge is 0.270 e. The molecule has 6 nitrogen and oxygen atoms in total. The second-order valence-electron chi connectivity index (χ2n) is 8.56. The van der Waals surface area contributed by atoms with Crippen molar-refractivity contribution in [1.29, 1.82) is 0 Å². The number of rotatable bonds is 3. The summed E-state index contributed by atoms with van der Waals surface area (Å²) >= 11 is 1.32. The Bertz CT molecular complexity index is 1580. The third-order valence-electron chi connectivity index (χ3n) is 6.30. The number of benzene rings is 3. The number of ether oxygens (including phenoxy) is 1. The van der Waals surface area contributed by atoms with Gasteiger partial charge in [0.15, 0.2) is 4.80 Å². The molecular formula is C27H21N3O3S. The molecule has 1 amide bonds. The molecule has 0 radical (unpaired) electrons. The standard InChI is InChI=1S/C27H21N3O3S/c1-27-22(24(31)28-18-12-6-3-7-13-18)23(19-14-8-9-15-20(19)33-27)30-25(32)21(34-26(30)29-27)16-17-10-4-2-5-11-17/h2-16,22-23H,1H3,(H,28,31). The van der Waals surface area contributed by atoms with E-state index in [1.807, 2.05) is 97.9 Å². The van der Waals surface area contributed by atoms with Crippen LogP contribution in [0.5, 0.6) is 5.75 Å². The van der Waals surface area contributed by atoms with E-state index in [4.69, 9.17) is 9.73 Å². The van der Waals surface area contributed by atoms with Crippen LogP contribution in [-0.4, -0.2) is 16.2 Å². The highest BCUT2D eigenvalue weighted by molar-refractivity contribution is 7.07. The topological polar surface area (TPSA) is 72.7 Å². The number of nitrogens with one attached hydrogen (secondary N) is 1. The van der Waals surface area contributed by atoms with Crippen molar-refractivity contribution < 1.29 is 9.53 Å². The first-order valence-electron chi connectivity index (χ1n) is 11.1. The van der Waals surface area contributed by atoms with Gasteiger partial charge in [-0.15, -0.1) is 0 Å². The number of amides is 1. The van der Waals surface area contributed by atoms with Gasteiger partial charge in [0.25, 0.3) is 5.56 Å². The van der Waals surface area contributed by atoms with E-state index in [1.165, 1.54) is 11.3 Å². The molecule has 0 saturated heterocycles. The van der Waals surface area contributed by atoms with Gasteiger partial charge in [-0.3, -0.25) is 14.2 Å². The van der Waals surface area contributed by atoms with Crippen molar-refractivity contribution in [3.05, 3.63) is 116 Å². The second kappa shape index (κ2) is 7.81. The maximum Gasteiger partial charge on any atom is 0.270 e. The summed E-state index contributed by atoms with van der Waals surface area (Å²) < 4.78 is 8.57. The van der Waals surface area contributed by atoms with Gasteiger partial charge in [-0.2, -0.15) is 0 Å². The molecule has 0 aliphatic carbocycles. The maximum atomic E-state index is 13.7. The van der Waals surface area contributed by atoms with Crippen molar-refractivity contribution in [3.8, 4) is 5.75 Å². The third kappa shape index (κ3) is 3.28. The van der Waals surface area contributed by atoms with Gasteiger partial charge in [-0.25, -0.2) is 4.99 Å². The molecule has 2 aliphatic rings. The van der Waals surface area contributed by atoms with Crippen molar-refractivity contribution in [2.24, 2.45) is 10.9 Å². The summed E-state index contributed by atoms with van der Waals surface area (Å²) in [5, 5.41) is 2.99. The molecule has 3 atom stereocenters. The summed E-state index contributed by atoms with van der Waals surface area (Å²) in [6, 6.07) is 26.0. The molecule has 0 saturated carbocycles. The Morgan fingerprint density at radius 1 is 1.03 bits per heavy atom. The van der Waals surface area contributed by atoms with Crippen LogP contribution in [0.3, 0.4) is 0 Å². The number of nitrogens with zero attached hydrogens (tertiary/aromatic N) is 2. The number of hydrogen-bond acceptors (Lipinski definition) is 5. The predicted octanol–water partition coefficient (Wildman–Crippen LogP) is 3.32. The number of para-hydroxylation sites is 2. The fraction of sp³-hybridized carbons (Fsp3) is 0.148. The minimum Gasteiger partial charge on any atom is -0.465 e. The molecular weight excluding hydrogens is 446 g/mol. The van der Waals surface area contributed by atoms with Gasteiger partial charge in [0.1, 0.15) is 11.7 Å². The van der Waals surface area contributed by atoms with Crippen molar-refractivity contribution in [3.63, 3.8) is 0 Å². The van der Waals surface area contributed by atoms with Gasteiger partial charge < -0.3 is 10.1 Å². The van der Waals surface area contributed by atoms with Crippen molar-refractivity contribution in [2.45, 2.75) is 18.7 Å². The second-order valence-corrected chi connectivity index (χ2v) is 9.57. The zero-order chi connectivity index (χ0) is 23.3. The molecule has 34 heavy (non-hydrogen) atoms. The van der Waals surface area contributed by atoms with E-state index in [-0.39, 0.29) is 11.5 Å². The molecule has 4 aromatic rings. The Morgan fingerprint density at radius 2 is 1.71 bits per heavy atom. The molecule has 168 valence electrons. The fourth-order valence-corrected chi connectivity index (χ4v) is 5.88. The van der Waals surface area contributed by atoms with Crippen LogP contribution in [0, 0.1) is 5.92 Å². The van der Waals surface area contributed by atoms with E-state index in [9.17, 15) is 9.59 Å². The van der Waals surface area contributed by atoms with Crippen molar-refractivity contribution in [1.82, 2.24) is 4.57 Å². The fourth-order valence-electron chi connectivity index (χ4n) is 4.79. The highest BCUT2D eigenvalue weighted by Crippen LogP contribution is 2.47. The SMILES string of the molecule is CC12N=c3sc(=Cc4ccccc4)c(=O)n3C(c3ccccc3O1)C2C(=O)Nc1ccccc1. The highest BCUT2D eigenvalue weighted by atomic mass is 32.1. The maximum absolute atomic E-state index is 13.7. The Hall–Kier alpha value is -3.97. The average molecular weight is 468 g/mol. The predicted molar refractivity (Wildman–Crippen MR) is 132 cm³/mol. The quantitative estimate of drug-likeness (QED) is 0.502. The Morgan fingerprint density at radius 3 is 2.47 bits per heavy atom. The summed E-state index contributed by atoms with van der Waals surface area (Å²) in [6.07, 6.45) is 1.87. The average Bonchev–Trinajstić information content (AvgIpc) is 3.13. The molecule has 0 fully saturated rings. The van der Waals surface area contributed by atoms with Crippen LogP contribution < -0.4 is 24.9 Å². The van der Waals surface area contributed by atoms with Gasteiger partial charge in [0.05, 0.1) is 10.6 Å². The summed E-state index contributed by atoms with van der Waals surface area (Å²) in [5.41, 5.74) is 1.11. The van der Waals surface area contributed by atoms with Crippen LogP contribution in [0.25, 0.3) is 6.08 Å². The number of anilines is 1. The van der Waals surface area contributed by atoms with E-state index < -0.39 is 17.7 Å². The molecule has 3 unspecified atom stereocenters. The lowest BCUT2D eigenvalue weighted by Gasteiger charge is -2.45. The minimum absolute atomic E-state index is 0.158. The molecule has 2 bridgehead atoms. The Labute approximate surface area is 199 Å². The van der Waals surface area contributed by atoms with Crippen LogP contribution in [0.1, 0.15) is 24.1 Å². The van der Waals surface area contributed by atoms with E-state index in [0.717, 1.165) is 11.1 Å². The lowest BCUT2D eigenvalue weighted by atomic mass is 9.80. The molecule has 3 heterocycles. The minimum atomic E-state index is -1.15. The first kappa shape index (κ1) is 20.6. The number of carbonyl (C=O) groups excluding carboxylic acids is 1. The van der Waals surface area contributed by atoms with Crippen LogP contribution >= 0.6 is 11.3 Å².